The number of aliphatic hydroxyl groups is 1. The van der Waals surface area contributed by atoms with E-state index < -0.39 is 24.0 Å². The van der Waals surface area contributed by atoms with Crippen LogP contribution < -0.4 is 16.6 Å². The standard InChI is InChI=1S/C21H22N6O5/c1-11(28)16(8-9-18(29)30)23-19(31)12-2-4-13(5-3-12)26-27-14-6-7-17-15(10-14)20(32)25-21(22)24-17/h2-7,10-11,16,28H,8-9H2,1H3,(H,23,31)(H,29,30)(H3,22,24,25,32). The molecule has 1 amide bonds. The van der Waals surface area contributed by atoms with Gasteiger partial charge in [-0.05, 0) is 55.8 Å². The van der Waals surface area contributed by atoms with Crippen molar-refractivity contribution in [2.75, 3.05) is 5.73 Å². The monoisotopic (exact) mass is 438 g/mol. The molecule has 3 aromatic rings. The molecule has 1 heterocycles. The van der Waals surface area contributed by atoms with Crippen molar-refractivity contribution in [1.82, 2.24) is 15.3 Å². The minimum Gasteiger partial charge on any atom is -0.481 e. The van der Waals surface area contributed by atoms with E-state index in [4.69, 9.17) is 10.8 Å². The molecule has 2 unspecified atom stereocenters. The first kappa shape index (κ1) is 22.6. The minimum atomic E-state index is -1.00. The summed E-state index contributed by atoms with van der Waals surface area (Å²) in [4.78, 5) is 41.6. The number of nitrogens with one attached hydrogen (secondary N) is 2. The summed E-state index contributed by atoms with van der Waals surface area (Å²) in [6, 6.07) is 10.4. The molecule has 2 aromatic carbocycles. The van der Waals surface area contributed by atoms with Gasteiger partial charge in [0.05, 0.1) is 34.4 Å². The third-order valence-corrected chi connectivity index (χ3v) is 4.69. The Hall–Kier alpha value is -4.12. The van der Waals surface area contributed by atoms with Gasteiger partial charge in [0.2, 0.25) is 5.95 Å². The number of nitrogen functional groups attached to an aromatic ring is 1. The Labute approximate surface area is 182 Å². The molecule has 166 valence electrons. The number of hydrogen-bond donors (Lipinski definition) is 5. The molecule has 2 atom stereocenters. The maximum atomic E-state index is 12.4. The van der Waals surface area contributed by atoms with Crippen molar-refractivity contribution in [1.29, 1.82) is 0 Å². The first-order valence-corrected chi connectivity index (χ1v) is 9.75. The Morgan fingerprint density at radius 1 is 1.16 bits per heavy atom. The third kappa shape index (κ3) is 5.73. The normalized spacial score (nSPS) is 13.2. The highest BCUT2D eigenvalue weighted by Crippen LogP contribution is 2.21. The molecule has 6 N–H and O–H groups in total. The van der Waals surface area contributed by atoms with E-state index in [1.54, 1.807) is 30.3 Å². The fourth-order valence-corrected chi connectivity index (χ4v) is 2.97. The van der Waals surface area contributed by atoms with Crippen molar-refractivity contribution >= 4 is 40.1 Å². The number of aliphatic carboxylic acids is 1. The van der Waals surface area contributed by atoms with Gasteiger partial charge in [-0.2, -0.15) is 10.2 Å². The van der Waals surface area contributed by atoms with Crippen molar-refractivity contribution in [3.8, 4) is 0 Å². The molecular formula is C21H22N6O5. The zero-order chi connectivity index (χ0) is 23.3. The predicted molar refractivity (Wildman–Crippen MR) is 117 cm³/mol. The molecule has 0 radical (unpaired) electrons. The average Bonchev–Trinajstić information content (AvgIpc) is 2.75. The average molecular weight is 438 g/mol. The lowest BCUT2D eigenvalue weighted by molar-refractivity contribution is -0.137. The fourth-order valence-electron chi connectivity index (χ4n) is 2.97. The predicted octanol–water partition coefficient (Wildman–Crippen LogP) is 2.26. The number of carboxylic acids is 1. The number of anilines is 1. The highest BCUT2D eigenvalue weighted by molar-refractivity contribution is 5.94. The van der Waals surface area contributed by atoms with Gasteiger partial charge in [0, 0.05) is 12.0 Å². The Bertz CT molecular complexity index is 1220. The van der Waals surface area contributed by atoms with Crippen molar-refractivity contribution in [3.63, 3.8) is 0 Å². The van der Waals surface area contributed by atoms with Crippen molar-refractivity contribution in [2.45, 2.75) is 31.9 Å². The quantitative estimate of drug-likeness (QED) is 0.334. The van der Waals surface area contributed by atoms with Gasteiger partial charge in [0.15, 0.2) is 0 Å². The van der Waals surface area contributed by atoms with Crippen LogP contribution in [0.1, 0.15) is 30.1 Å². The van der Waals surface area contributed by atoms with Crippen LogP contribution >= 0.6 is 0 Å². The Kier molecular flexibility index (Phi) is 6.90. The lowest BCUT2D eigenvalue weighted by Gasteiger charge is -2.20. The first-order valence-electron chi connectivity index (χ1n) is 9.75. The van der Waals surface area contributed by atoms with Gasteiger partial charge in [-0.1, -0.05) is 0 Å². The van der Waals surface area contributed by atoms with Crippen LogP contribution in [-0.2, 0) is 4.79 Å². The molecule has 0 spiro atoms. The lowest BCUT2D eigenvalue weighted by atomic mass is 10.1. The minimum absolute atomic E-state index is 0.0302. The third-order valence-electron chi connectivity index (χ3n) is 4.69. The molecule has 0 aliphatic heterocycles. The first-order chi connectivity index (χ1) is 15.2. The van der Waals surface area contributed by atoms with Crippen LogP contribution in [0.15, 0.2) is 57.5 Å². The molecule has 3 rings (SSSR count). The van der Waals surface area contributed by atoms with Crippen LogP contribution in [-0.4, -0.2) is 44.2 Å². The lowest BCUT2D eigenvalue weighted by Crippen LogP contribution is -2.42. The highest BCUT2D eigenvalue weighted by atomic mass is 16.4. The number of carbonyl (C=O) groups is 2. The molecule has 0 aliphatic rings. The van der Waals surface area contributed by atoms with Gasteiger partial charge in [-0.3, -0.25) is 19.4 Å². The number of carboxylic acid groups (broad SMARTS) is 1. The number of amides is 1. The number of benzene rings is 2. The van der Waals surface area contributed by atoms with Crippen LogP contribution in [0, 0.1) is 0 Å². The van der Waals surface area contributed by atoms with E-state index >= 15 is 0 Å². The largest absolute Gasteiger partial charge is 0.481 e. The van der Waals surface area contributed by atoms with Gasteiger partial charge < -0.3 is 21.3 Å². The van der Waals surface area contributed by atoms with Gasteiger partial charge >= 0.3 is 5.97 Å². The van der Waals surface area contributed by atoms with Gasteiger partial charge in [0.1, 0.15) is 0 Å². The molecule has 0 saturated heterocycles. The number of nitrogens with two attached hydrogens (primary N) is 1. The molecule has 0 fully saturated rings. The van der Waals surface area contributed by atoms with Gasteiger partial charge in [-0.15, -0.1) is 0 Å². The Morgan fingerprint density at radius 3 is 2.47 bits per heavy atom. The molecule has 0 aliphatic carbocycles. The number of nitrogens with zero attached hydrogens (tertiary/aromatic N) is 3. The van der Waals surface area contributed by atoms with Crippen LogP contribution in [0.5, 0.6) is 0 Å². The van der Waals surface area contributed by atoms with Crippen molar-refractivity contribution < 1.29 is 19.8 Å². The SMILES string of the molecule is CC(O)C(CCC(=O)O)NC(=O)c1ccc(N=Nc2ccc3nc(N)[nH]c(=O)c3c2)cc1. The summed E-state index contributed by atoms with van der Waals surface area (Å²) >= 11 is 0. The van der Waals surface area contributed by atoms with E-state index in [0.717, 1.165) is 0 Å². The summed E-state index contributed by atoms with van der Waals surface area (Å²) in [5, 5.41) is 29.7. The molecular weight excluding hydrogens is 416 g/mol. The summed E-state index contributed by atoms with van der Waals surface area (Å²) in [6.45, 7) is 1.49. The number of aliphatic hydroxyl groups excluding tert-OH is 1. The van der Waals surface area contributed by atoms with E-state index in [-0.39, 0.29) is 24.3 Å². The van der Waals surface area contributed by atoms with Crippen LogP contribution in [0.3, 0.4) is 0 Å². The number of carbonyl (C=O) groups excluding carboxylic acids is 1. The topological polar surface area (TPSA) is 183 Å². The van der Waals surface area contributed by atoms with Gasteiger partial charge in [-0.25, -0.2) is 4.98 Å². The maximum Gasteiger partial charge on any atom is 0.303 e. The summed E-state index contributed by atoms with van der Waals surface area (Å²) in [6.07, 6.45) is -0.951. The summed E-state index contributed by atoms with van der Waals surface area (Å²) in [7, 11) is 0. The number of hydrogen-bond acceptors (Lipinski definition) is 8. The number of azo groups is 1. The summed E-state index contributed by atoms with van der Waals surface area (Å²) in [5.74, 6) is -1.41. The second-order valence-corrected chi connectivity index (χ2v) is 7.15. The van der Waals surface area contributed by atoms with E-state index in [0.29, 0.717) is 27.8 Å². The van der Waals surface area contributed by atoms with Crippen LogP contribution in [0.2, 0.25) is 0 Å². The molecule has 0 saturated carbocycles. The second-order valence-electron chi connectivity index (χ2n) is 7.15. The van der Waals surface area contributed by atoms with E-state index in [1.807, 2.05) is 0 Å². The number of rotatable bonds is 8. The van der Waals surface area contributed by atoms with E-state index in [1.165, 1.54) is 19.1 Å². The van der Waals surface area contributed by atoms with Crippen molar-refractivity contribution in [2.24, 2.45) is 10.2 Å². The number of fused-ring (bicyclic) bond motifs is 1. The zero-order valence-electron chi connectivity index (χ0n) is 17.1. The summed E-state index contributed by atoms with van der Waals surface area (Å²) in [5.41, 5.74) is 6.83. The van der Waals surface area contributed by atoms with Crippen LogP contribution in [0.4, 0.5) is 17.3 Å². The zero-order valence-corrected chi connectivity index (χ0v) is 17.1. The number of aromatic amines is 1. The molecule has 11 nitrogen and oxygen atoms in total. The van der Waals surface area contributed by atoms with Gasteiger partial charge in [0.25, 0.3) is 11.5 Å². The van der Waals surface area contributed by atoms with E-state index in [9.17, 15) is 19.5 Å². The second kappa shape index (κ2) is 9.79. The maximum absolute atomic E-state index is 12.4. The Balaban J connectivity index is 1.69. The van der Waals surface area contributed by atoms with E-state index in [2.05, 4.69) is 25.5 Å². The smallest absolute Gasteiger partial charge is 0.303 e. The molecule has 11 heteroatoms. The highest BCUT2D eigenvalue weighted by Gasteiger charge is 2.19. The molecule has 1 aromatic heterocycles. The Morgan fingerprint density at radius 2 is 1.81 bits per heavy atom. The number of aromatic nitrogens is 2. The number of H-pyrrole nitrogens is 1. The fraction of sp³-hybridized carbons (Fsp3) is 0.238. The van der Waals surface area contributed by atoms with Crippen LogP contribution in [0.25, 0.3) is 10.9 Å². The summed E-state index contributed by atoms with van der Waals surface area (Å²) < 4.78 is 0. The molecule has 32 heavy (non-hydrogen) atoms. The molecule has 0 bridgehead atoms. The van der Waals surface area contributed by atoms with Crippen molar-refractivity contribution in [3.05, 3.63) is 58.4 Å².